The van der Waals surface area contributed by atoms with Gasteiger partial charge in [0.2, 0.25) is 35.4 Å². The van der Waals surface area contributed by atoms with Crippen LogP contribution < -0.4 is 31.9 Å². The van der Waals surface area contributed by atoms with Crippen molar-refractivity contribution in [1.29, 1.82) is 0 Å². The first-order valence-corrected chi connectivity index (χ1v) is 23.3. The third-order valence-electron chi connectivity index (χ3n) is 13.3. The zero-order valence-electron chi connectivity index (χ0n) is 39.3. The number of amides is 6. The van der Waals surface area contributed by atoms with Crippen LogP contribution in [-0.2, 0) is 46.3 Å². The van der Waals surface area contributed by atoms with E-state index in [2.05, 4.69) is 67.7 Å². The van der Waals surface area contributed by atoms with Crippen LogP contribution in [0.3, 0.4) is 0 Å². The van der Waals surface area contributed by atoms with E-state index in [1.807, 2.05) is 36.4 Å². The van der Waals surface area contributed by atoms with Crippen LogP contribution in [0.25, 0.3) is 0 Å². The molecule has 9 atom stereocenters. The SMILES string of the molecule is CN[C@@H](C)C(=O)N[C@@H](CC#CC#CCO[C@H](C)[C@H](NC(=O)[C@H](C)NC)C(=O)N1CCC[C@H]1C(=O)N[C@@H]1CCCc2ccccc21)C(=O)N1CCC[C@H]1C(=O)N[C@@H]1CCCc2ccccc21.Cl.Cl. The quantitative estimate of drug-likeness (QED) is 0.137. The summed E-state index contributed by atoms with van der Waals surface area (Å²) in [5.74, 6) is 9.25. The van der Waals surface area contributed by atoms with Gasteiger partial charge in [-0.3, -0.25) is 28.8 Å². The molecule has 0 unspecified atom stereocenters. The highest BCUT2D eigenvalue weighted by atomic mass is 35.5. The number of likely N-dealkylation sites (N-methyl/N-ethyl adjacent to an activating group) is 2. The molecule has 2 heterocycles. The van der Waals surface area contributed by atoms with Gasteiger partial charge in [-0.1, -0.05) is 60.4 Å². The van der Waals surface area contributed by atoms with Gasteiger partial charge in [-0.25, -0.2) is 0 Å². The Kier molecular flexibility index (Phi) is 21.5. The molecule has 0 saturated carbocycles. The van der Waals surface area contributed by atoms with Crippen molar-refractivity contribution in [1.82, 2.24) is 41.7 Å². The van der Waals surface area contributed by atoms with Crippen molar-refractivity contribution in [3.8, 4) is 23.7 Å². The maximum Gasteiger partial charge on any atom is 0.248 e. The Morgan fingerprint density at radius 2 is 1.12 bits per heavy atom. The predicted molar refractivity (Wildman–Crippen MR) is 261 cm³/mol. The van der Waals surface area contributed by atoms with E-state index in [9.17, 15) is 28.8 Å². The van der Waals surface area contributed by atoms with Crippen molar-refractivity contribution in [3.05, 3.63) is 70.8 Å². The second kappa shape index (κ2) is 26.4. The highest BCUT2D eigenvalue weighted by molar-refractivity contribution is 5.95. The van der Waals surface area contributed by atoms with Gasteiger partial charge in [-0.2, -0.15) is 0 Å². The Hall–Kier alpha value is -5.16. The lowest BCUT2D eigenvalue weighted by Gasteiger charge is -2.33. The van der Waals surface area contributed by atoms with Crippen LogP contribution in [-0.4, -0.2) is 121 Å². The molecule has 67 heavy (non-hydrogen) atoms. The molecule has 0 aromatic heterocycles. The van der Waals surface area contributed by atoms with E-state index in [-0.39, 0.29) is 73.6 Å². The smallest absolute Gasteiger partial charge is 0.248 e. The van der Waals surface area contributed by atoms with Gasteiger partial charge < -0.3 is 46.4 Å². The Bertz CT molecular complexity index is 2190. The molecule has 6 N–H and O–H groups in total. The zero-order chi connectivity index (χ0) is 46.5. The van der Waals surface area contributed by atoms with Crippen LogP contribution in [0.1, 0.15) is 113 Å². The number of ether oxygens (including phenoxy) is 1. The fraction of sp³-hybridized carbons (Fsp3) is 0.560. The molecule has 2 aromatic rings. The van der Waals surface area contributed by atoms with Gasteiger partial charge in [0.05, 0.1) is 30.3 Å². The largest absolute Gasteiger partial charge is 0.363 e. The van der Waals surface area contributed by atoms with E-state index in [4.69, 9.17) is 4.74 Å². The number of likely N-dealkylation sites (tertiary alicyclic amines) is 2. The minimum atomic E-state index is -1.10. The maximum absolute atomic E-state index is 14.2. The molecule has 2 aliphatic carbocycles. The number of nitrogens with one attached hydrogen (secondary N) is 6. The Balaban J connectivity index is 0.00000490. The third-order valence-corrected chi connectivity index (χ3v) is 13.3. The van der Waals surface area contributed by atoms with Gasteiger partial charge in [-0.05, 0) is 133 Å². The Morgan fingerprint density at radius 1 is 0.642 bits per heavy atom. The molecule has 2 aromatic carbocycles. The molecule has 0 radical (unpaired) electrons. The summed E-state index contributed by atoms with van der Waals surface area (Å²) in [6.45, 7) is 5.67. The first kappa shape index (κ1) is 54.4. The van der Waals surface area contributed by atoms with Crippen LogP contribution in [0.5, 0.6) is 0 Å². The topological polar surface area (TPSA) is 190 Å². The molecule has 2 saturated heterocycles. The van der Waals surface area contributed by atoms with Gasteiger partial charge in [0.1, 0.15) is 30.8 Å². The number of nitrogens with zero attached hydrogens (tertiary/aromatic N) is 2. The molecule has 2 fully saturated rings. The summed E-state index contributed by atoms with van der Waals surface area (Å²) < 4.78 is 6.00. The van der Waals surface area contributed by atoms with Gasteiger partial charge in [-0.15, -0.1) is 24.8 Å². The lowest BCUT2D eigenvalue weighted by Crippen LogP contribution is -2.59. The monoisotopic (exact) mass is 962 g/mol. The number of rotatable bonds is 16. The lowest BCUT2D eigenvalue weighted by molar-refractivity contribution is -0.145. The summed E-state index contributed by atoms with van der Waals surface area (Å²) in [7, 11) is 3.30. The molecule has 6 rings (SSSR count). The number of fused-ring (bicyclic) bond motifs is 2. The summed E-state index contributed by atoms with van der Waals surface area (Å²) in [4.78, 5) is 85.1. The Morgan fingerprint density at radius 3 is 1.64 bits per heavy atom. The average Bonchev–Trinajstić information content (AvgIpc) is 4.03. The normalized spacial score (nSPS) is 21.5. The summed E-state index contributed by atoms with van der Waals surface area (Å²) in [5, 5.41) is 17.9. The summed E-state index contributed by atoms with van der Waals surface area (Å²) in [6, 6.07) is 11.4. The van der Waals surface area contributed by atoms with Crippen molar-refractivity contribution in [2.75, 3.05) is 33.8 Å². The molecule has 4 aliphatic rings. The van der Waals surface area contributed by atoms with E-state index < -0.39 is 54.2 Å². The van der Waals surface area contributed by atoms with E-state index in [1.165, 1.54) is 11.1 Å². The van der Waals surface area contributed by atoms with Crippen LogP contribution >= 0.6 is 24.8 Å². The molecule has 17 heteroatoms. The van der Waals surface area contributed by atoms with E-state index >= 15 is 0 Å². The maximum atomic E-state index is 14.2. The molecule has 2 aliphatic heterocycles. The Labute approximate surface area is 408 Å². The second-order valence-corrected chi connectivity index (χ2v) is 17.6. The zero-order valence-corrected chi connectivity index (χ0v) is 40.9. The third kappa shape index (κ3) is 14.0. The van der Waals surface area contributed by atoms with E-state index in [0.29, 0.717) is 38.8 Å². The number of aryl methyl sites for hydroxylation is 2. The van der Waals surface area contributed by atoms with Crippen molar-refractivity contribution < 1.29 is 33.5 Å². The fourth-order valence-corrected chi connectivity index (χ4v) is 9.29. The molecular weight excluding hydrogens is 896 g/mol. The van der Waals surface area contributed by atoms with Crippen molar-refractivity contribution >= 4 is 60.3 Å². The number of carbonyl (C=O) groups is 6. The van der Waals surface area contributed by atoms with Gasteiger partial charge in [0.15, 0.2) is 0 Å². The molecule has 0 spiro atoms. The van der Waals surface area contributed by atoms with E-state index in [1.54, 1.807) is 44.7 Å². The minimum Gasteiger partial charge on any atom is -0.363 e. The summed E-state index contributed by atoms with van der Waals surface area (Å²) >= 11 is 0. The van der Waals surface area contributed by atoms with Crippen molar-refractivity contribution in [3.63, 3.8) is 0 Å². The molecule has 0 bridgehead atoms. The molecule has 364 valence electrons. The molecule has 15 nitrogen and oxygen atoms in total. The van der Waals surface area contributed by atoms with Crippen LogP contribution in [0, 0.1) is 23.7 Å². The number of carbonyl (C=O) groups excluding carboxylic acids is 6. The fourth-order valence-electron chi connectivity index (χ4n) is 9.29. The first-order chi connectivity index (χ1) is 31.4. The number of hydrogen-bond donors (Lipinski definition) is 6. The highest BCUT2D eigenvalue weighted by Crippen LogP contribution is 2.32. The van der Waals surface area contributed by atoms with Crippen LogP contribution in [0.2, 0.25) is 0 Å². The standard InChI is InChI=1S/C50H66N8O7.2ClH/c1-32(51-4)45(59)55-41(49(63)57-29-16-27-42(57)47(61)53-39-25-14-20-35-18-9-11-22-37(35)39)24-8-6-7-13-31-65-34(3)44(56-46(60)33(2)52-5)50(64)58-30-17-28-43(58)48(62)54-40-26-15-21-36-19-10-12-23-38(36)40;;/h9-12,18-19,22-23,32-34,39-44,51-52H,14-17,20-21,24-31H2,1-5H3,(H,53,61)(H,54,62)(H,55,59)(H,56,60);2*1H/t32-,33-,34+,39+,40+,41-,42-,43-,44-;;/m0../s1. The molecule has 6 amide bonds. The number of halogens is 2. The van der Waals surface area contributed by atoms with Crippen molar-refractivity contribution in [2.24, 2.45) is 0 Å². The van der Waals surface area contributed by atoms with Gasteiger partial charge in [0, 0.05) is 19.5 Å². The van der Waals surface area contributed by atoms with Crippen molar-refractivity contribution in [2.45, 2.75) is 146 Å². The molecular formula is C50H68Cl2N8O7. The summed E-state index contributed by atoms with van der Waals surface area (Å²) in [6.07, 6.45) is 6.97. The van der Waals surface area contributed by atoms with Crippen LogP contribution in [0.15, 0.2) is 48.5 Å². The van der Waals surface area contributed by atoms with Crippen LogP contribution in [0.4, 0.5) is 0 Å². The first-order valence-electron chi connectivity index (χ1n) is 23.3. The number of hydrogen-bond acceptors (Lipinski definition) is 9. The number of benzene rings is 2. The highest BCUT2D eigenvalue weighted by Gasteiger charge is 2.42. The predicted octanol–water partition coefficient (Wildman–Crippen LogP) is 3.19. The minimum absolute atomic E-state index is 0. The lowest BCUT2D eigenvalue weighted by atomic mass is 9.87. The average molecular weight is 964 g/mol. The van der Waals surface area contributed by atoms with Gasteiger partial charge >= 0.3 is 0 Å². The van der Waals surface area contributed by atoms with Gasteiger partial charge in [0.25, 0.3) is 0 Å². The summed E-state index contributed by atoms with van der Waals surface area (Å²) in [5.41, 5.74) is 4.68. The second-order valence-electron chi connectivity index (χ2n) is 17.6. The van der Waals surface area contributed by atoms with E-state index in [0.717, 1.165) is 49.7 Å².